The van der Waals surface area contributed by atoms with E-state index in [1.54, 1.807) is 12.5 Å². The minimum absolute atomic E-state index is 0. The summed E-state index contributed by atoms with van der Waals surface area (Å²) in [5, 5.41) is 0.757. The Bertz CT molecular complexity index is 441. The topological polar surface area (TPSA) is 88.6 Å². The zero-order valence-electron chi connectivity index (χ0n) is 7.90. The van der Waals surface area contributed by atoms with Gasteiger partial charge in [0.1, 0.15) is 6.33 Å². The van der Waals surface area contributed by atoms with Crippen molar-refractivity contribution in [2.24, 2.45) is 0 Å². The smallest absolute Gasteiger partial charge is 0.870 e. The number of hydrogen-bond acceptors (Lipinski definition) is 4. The summed E-state index contributed by atoms with van der Waals surface area (Å²) in [5.41, 5.74) is 1.96. The normalized spacial score (nSPS) is 8.93. The minimum Gasteiger partial charge on any atom is -0.870 e. The van der Waals surface area contributed by atoms with Gasteiger partial charge in [-0.15, -0.1) is 10.9 Å². The van der Waals surface area contributed by atoms with Crippen LogP contribution in [-0.4, -0.2) is 26.7 Å². The van der Waals surface area contributed by atoms with E-state index in [1.807, 2.05) is 6.92 Å². The van der Waals surface area contributed by atoms with E-state index in [4.69, 9.17) is 0 Å². The molecule has 5 nitrogen and oxygen atoms in total. The minimum atomic E-state index is 0. The Hall–Kier alpha value is -0.114. The summed E-state index contributed by atoms with van der Waals surface area (Å²) >= 11 is 0. The molecule has 0 saturated heterocycles. The zero-order valence-corrected chi connectivity index (χ0v) is 11.0. The van der Waals surface area contributed by atoms with E-state index in [1.165, 1.54) is 6.33 Å². The van der Waals surface area contributed by atoms with E-state index < -0.39 is 0 Å². The van der Waals surface area contributed by atoms with Gasteiger partial charge in [0.05, 0.1) is 5.65 Å². The summed E-state index contributed by atoms with van der Waals surface area (Å²) < 4.78 is 0. The molecule has 0 saturated carbocycles. The number of aromatic nitrogens is 3. The summed E-state index contributed by atoms with van der Waals surface area (Å²) in [6.07, 6.45) is 4.91. The van der Waals surface area contributed by atoms with E-state index in [2.05, 4.69) is 15.0 Å². The van der Waals surface area contributed by atoms with Gasteiger partial charge in [0.25, 0.3) is 0 Å². The molecule has 2 aromatic heterocycles. The second-order valence-electron chi connectivity index (χ2n) is 2.52. The molecule has 14 heavy (non-hydrogen) atoms. The molecule has 0 spiro atoms. The van der Waals surface area contributed by atoms with Gasteiger partial charge in [0.2, 0.25) is 0 Å². The van der Waals surface area contributed by atoms with E-state index in [9.17, 15) is 4.79 Å². The molecule has 2 N–H and O–H groups in total. The van der Waals surface area contributed by atoms with Gasteiger partial charge in [-0.1, -0.05) is 12.6 Å². The predicted octanol–water partition coefficient (Wildman–Crippen LogP) is -2.45. The van der Waals surface area contributed by atoms with Crippen molar-refractivity contribution in [3.8, 4) is 0 Å². The van der Waals surface area contributed by atoms with Crippen LogP contribution in [-0.2, 0) is 4.79 Å². The summed E-state index contributed by atoms with van der Waals surface area (Å²) in [5.74, 6) is 0. The number of aromatic amines is 1. The molecule has 0 atom stereocenters. The third kappa shape index (κ3) is 2.27. The van der Waals surface area contributed by atoms with Crippen LogP contribution >= 0.6 is 0 Å². The Morgan fingerprint density at radius 1 is 1.43 bits per heavy atom. The first kappa shape index (κ1) is 13.9. The molecule has 0 radical (unpaired) electrons. The van der Waals surface area contributed by atoms with Gasteiger partial charge < -0.3 is 15.3 Å². The molecule has 0 fully saturated rings. The largest absolute Gasteiger partial charge is 1.00 e. The van der Waals surface area contributed by atoms with Gasteiger partial charge in [0.15, 0.2) is 0 Å². The van der Waals surface area contributed by atoms with Crippen LogP contribution in [0.4, 0.5) is 0 Å². The molecule has 0 aromatic carbocycles. The summed E-state index contributed by atoms with van der Waals surface area (Å²) in [4.78, 5) is 21.1. The Kier molecular flexibility index (Phi) is 5.64. The maximum Gasteiger partial charge on any atom is 1.00 e. The van der Waals surface area contributed by atoms with Crippen molar-refractivity contribution in [1.82, 2.24) is 15.0 Å². The van der Waals surface area contributed by atoms with Crippen molar-refractivity contribution in [2.75, 3.05) is 0 Å². The molecule has 68 valence electrons. The van der Waals surface area contributed by atoms with Crippen LogP contribution in [0.1, 0.15) is 11.3 Å². The van der Waals surface area contributed by atoms with Crippen molar-refractivity contribution in [3.63, 3.8) is 0 Å². The maximum absolute atomic E-state index is 10.4. The number of nitrogens with one attached hydrogen (secondary N) is 1. The molecular formula is C8H7KN3O2-. The van der Waals surface area contributed by atoms with Crippen LogP contribution in [0.3, 0.4) is 0 Å². The predicted molar refractivity (Wildman–Crippen MR) is 45.4 cm³/mol. The summed E-state index contributed by atoms with van der Waals surface area (Å²) in [6, 6.07) is 0. The van der Waals surface area contributed by atoms with Gasteiger partial charge in [-0.2, -0.15) is 0 Å². The van der Waals surface area contributed by atoms with E-state index in [-0.39, 0.29) is 56.9 Å². The molecule has 2 heterocycles. The number of H-pyrrole nitrogens is 1. The van der Waals surface area contributed by atoms with E-state index in [0.29, 0.717) is 11.3 Å². The van der Waals surface area contributed by atoms with Crippen LogP contribution < -0.4 is 51.4 Å². The van der Waals surface area contributed by atoms with Crippen molar-refractivity contribution in [3.05, 3.63) is 23.8 Å². The van der Waals surface area contributed by atoms with Crippen LogP contribution in [0.15, 0.2) is 12.5 Å². The average Bonchev–Trinajstić information content (AvgIpc) is 2.48. The fraction of sp³-hybridized carbons (Fsp3) is 0.125. The first-order chi connectivity index (χ1) is 5.83. The molecule has 0 aliphatic rings. The second-order valence-corrected chi connectivity index (χ2v) is 2.52. The van der Waals surface area contributed by atoms with Crippen molar-refractivity contribution >= 4 is 17.3 Å². The fourth-order valence-electron chi connectivity index (χ4n) is 1.19. The average molecular weight is 216 g/mol. The van der Waals surface area contributed by atoms with Crippen LogP contribution in [0.5, 0.6) is 0 Å². The number of aryl methyl sites for hydroxylation is 1. The van der Waals surface area contributed by atoms with Gasteiger partial charge >= 0.3 is 51.4 Å². The van der Waals surface area contributed by atoms with E-state index >= 15 is 0 Å². The maximum atomic E-state index is 10.4. The number of carbonyl (C=O) groups excluding carboxylic acids is 1. The van der Waals surface area contributed by atoms with E-state index in [0.717, 1.165) is 10.9 Å². The second kappa shape index (κ2) is 5.69. The van der Waals surface area contributed by atoms with Crippen molar-refractivity contribution < 1.29 is 61.7 Å². The molecular weight excluding hydrogens is 209 g/mol. The molecule has 0 aliphatic carbocycles. The summed E-state index contributed by atoms with van der Waals surface area (Å²) in [7, 11) is 0. The Labute approximate surface area is 123 Å². The Morgan fingerprint density at radius 2 is 2.14 bits per heavy atom. The summed E-state index contributed by atoms with van der Waals surface area (Å²) in [6.45, 7) is 1.89. The number of hydrogen-bond donors (Lipinski definition) is 1. The standard InChI is InChI=1S/C8H6N3O.K.H2O/c1-5-2-9-8-7(5)6(3-12)10-4-11-8;;/h2,4H,1H3,(H,9,10,11);;1H2/q-1;+1;/p-1. The molecule has 0 amide bonds. The molecule has 0 aliphatic heterocycles. The number of rotatable bonds is 1. The monoisotopic (exact) mass is 216 g/mol. The van der Waals surface area contributed by atoms with Crippen LogP contribution in [0.2, 0.25) is 0 Å². The van der Waals surface area contributed by atoms with Gasteiger partial charge in [-0.05, 0) is 6.20 Å². The number of fused-ring (bicyclic) bond motifs is 1. The SMILES string of the molecule is Cc1c[nH]c2ncnc([C-]=O)c12.[K+].[OH-]. The van der Waals surface area contributed by atoms with Crippen molar-refractivity contribution in [2.45, 2.75) is 6.92 Å². The van der Waals surface area contributed by atoms with Gasteiger partial charge in [-0.25, -0.2) is 4.98 Å². The first-order valence-corrected chi connectivity index (χ1v) is 3.50. The zero-order chi connectivity index (χ0) is 8.55. The Morgan fingerprint density at radius 3 is 2.79 bits per heavy atom. The molecule has 6 heteroatoms. The quantitative estimate of drug-likeness (QED) is 0.423. The van der Waals surface area contributed by atoms with Gasteiger partial charge in [-0.3, -0.25) is 4.98 Å². The Balaban J connectivity index is 0.000000845. The first-order valence-electron chi connectivity index (χ1n) is 3.50. The van der Waals surface area contributed by atoms with Crippen LogP contribution in [0.25, 0.3) is 11.0 Å². The molecule has 0 unspecified atom stereocenters. The van der Waals surface area contributed by atoms with Crippen molar-refractivity contribution in [1.29, 1.82) is 0 Å². The number of nitrogens with zero attached hydrogens (tertiary/aromatic N) is 2. The molecule has 2 rings (SSSR count). The third-order valence-corrected chi connectivity index (χ3v) is 1.76. The molecule has 2 aromatic rings. The third-order valence-electron chi connectivity index (χ3n) is 1.76. The van der Waals surface area contributed by atoms with Gasteiger partial charge in [0, 0.05) is 6.29 Å². The fourth-order valence-corrected chi connectivity index (χ4v) is 1.19. The molecule has 0 bridgehead atoms. The van der Waals surface area contributed by atoms with Crippen LogP contribution in [0, 0.1) is 6.92 Å².